The van der Waals surface area contributed by atoms with Crippen molar-refractivity contribution in [3.8, 4) is 11.1 Å². The van der Waals surface area contributed by atoms with Crippen LogP contribution in [-0.4, -0.2) is 10.9 Å². The Balaban J connectivity index is 1.67. The molecule has 4 heteroatoms. The molecule has 0 atom stereocenters. The number of hydrogen-bond donors (Lipinski definition) is 1. The lowest BCUT2D eigenvalue weighted by atomic mass is 9.99. The van der Waals surface area contributed by atoms with Crippen molar-refractivity contribution in [2.75, 3.05) is 5.32 Å². The van der Waals surface area contributed by atoms with Gasteiger partial charge in [0, 0.05) is 11.6 Å². The Morgan fingerprint density at radius 2 is 1.67 bits per heavy atom. The second kappa shape index (κ2) is 7.38. The van der Waals surface area contributed by atoms with Crippen molar-refractivity contribution in [3.05, 3.63) is 96.4 Å². The third-order valence-corrected chi connectivity index (χ3v) is 4.44. The number of rotatable bonds is 4. The maximum absolute atomic E-state index is 13.8. The Morgan fingerprint density at radius 1 is 0.889 bits per heavy atom. The van der Waals surface area contributed by atoms with E-state index in [1.807, 2.05) is 54.6 Å². The lowest BCUT2D eigenvalue weighted by Crippen LogP contribution is -2.15. The number of benzene rings is 3. The molecule has 0 saturated heterocycles. The van der Waals surface area contributed by atoms with E-state index in [0.29, 0.717) is 16.8 Å². The number of halogens is 1. The Bertz CT molecular complexity index is 1110. The van der Waals surface area contributed by atoms with Crippen LogP contribution in [0, 0.1) is 5.82 Å². The zero-order chi connectivity index (χ0) is 18.6. The molecule has 0 unspecified atom stereocenters. The fourth-order valence-electron chi connectivity index (χ4n) is 3.15. The Morgan fingerprint density at radius 3 is 2.48 bits per heavy atom. The van der Waals surface area contributed by atoms with Crippen LogP contribution in [0.25, 0.3) is 22.0 Å². The van der Waals surface area contributed by atoms with Gasteiger partial charge in [0.15, 0.2) is 0 Å². The minimum atomic E-state index is -0.380. The number of pyridine rings is 1. The summed E-state index contributed by atoms with van der Waals surface area (Å²) >= 11 is 0. The minimum Gasteiger partial charge on any atom is -0.324 e. The van der Waals surface area contributed by atoms with Crippen LogP contribution in [0.5, 0.6) is 0 Å². The van der Waals surface area contributed by atoms with Gasteiger partial charge in [-0.15, -0.1) is 0 Å². The molecule has 4 aromatic rings. The third-order valence-electron chi connectivity index (χ3n) is 4.44. The first-order valence-electron chi connectivity index (χ1n) is 8.69. The van der Waals surface area contributed by atoms with E-state index in [4.69, 9.17) is 0 Å². The molecule has 27 heavy (non-hydrogen) atoms. The molecule has 132 valence electrons. The molecular weight excluding hydrogens is 339 g/mol. The van der Waals surface area contributed by atoms with Crippen molar-refractivity contribution < 1.29 is 9.18 Å². The molecule has 0 bridgehead atoms. The van der Waals surface area contributed by atoms with Gasteiger partial charge in [0.25, 0.3) is 0 Å². The summed E-state index contributed by atoms with van der Waals surface area (Å²) < 4.78 is 13.8. The molecule has 1 amide bonds. The highest BCUT2D eigenvalue weighted by Crippen LogP contribution is 2.32. The van der Waals surface area contributed by atoms with Crippen LogP contribution in [0.15, 0.2) is 85.1 Å². The standard InChI is InChI=1S/C23H17FN2O/c24-20-11-5-4-9-17(20)15-22(27)26-21-13-12-18(16-7-2-1-3-8-16)19-10-6-14-25-23(19)21/h1-14H,15H2,(H,26,27). The Kier molecular flexibility index (Phi) is 4.62. The largest absolute Gasteiger partial charge is 0.324 e. The molecule has 0 saturated carbocycles. The molecule has 0 radical (unpaired) electrons. The number of carbonyl (C=O) groups excluding carboxylic acids is 1. The summed E-state index contributed by atoms with van der Waals surface area (Å²) in [7, 11) is 0. The summed E-state index contributed by atoms with van der Waals surface area (Å²) in [5.74, 6) is -0.658. The maximum Gasteiger partial charge on any atom is 0.228 e. The molecule has 0 spiro atoms. The second-order valence-electron chi connectivity index (χ2n) is 6.24. The van der Waals surface area contributed by atoms with Gasteiger partial charge in [-0.3, -0.25) is 9.78 Å². The summed E-state index contributed by atoms with van der Waals surface area (Å²) in [4.78, 5) is 16.9. The summed E-state index contributed by atoms with van der Waals surface area (Å²) in [5.41, 5.74) is 3.83. The van der Waals surface area contributed by atoms with Gasteiger partial charge in [-0.2, -0.15) is 0 Å². The van der Waals surface area contributed by atoms with E-state index in [1.54, 1.807) is 24.4 Å². The lowest BCUT2D eigenvalue weighted by Gasteiger charge is -2.12. The first kappa shape index (κ1) is 16.9. The van der Waals surface area contributed by atoms with E-state index in [-0.39, 0.29) is 18.1 Å². The Hall–Kier alpha value is -3.53. The first-order chi connectivity index (χ1) is 13.2. The normalized spacial score (nSPS) is 10.7. The molecule has 1 heterocycles. The quantitative estimate of drug-likeness (QED) is 0.544. The van der Waals surface area contributed by atoms with Gasteiger partial charge in [0.1, 0.15) is 5.82 Å². The van der Waals surface area contributed by atoms with Crippen molar-refractivity contribution in [1.82, 2.24) is 4.98 Å². The lowest BCUT2D eigenvalue weighted by molar-refractivity contribution is -0.115. The molecule has 3 aromatic carbocycles. The van der Waals surface area contributed by atoms with Crippen molar-refractivity contribution in [2.45, 2.75) is 6.42 Å². The molecule has 1 N–H and O–H groups in total. The molecule has 0 fully saturated rings. The van der Waals surface area contributed by atoms with Crippen LogP contribution in [0.3, 0.4) is 0 Å². The highest BCUT2D eigenvalue weighted by atomic mass is 19.1. The molecule has 0 aliphatic heterocycles. The maximum atomic E-state index is 13.8. The van der Waals surface area contributed by atoms with Crippen LogP contribution in [0.2, 0.25) is 0 Å². The summed E-state index contributed by atoms with van der Waals surface area (Å²) in [6.45, 7) is 0. The third kappa shape index (κ3) is 3.55. The van der Waals surface area contributed by atoms with E-state index in [9.17, 15) is 9.18 Å². The van der Waals surface area contributed by atoms with E-state index < -0.39 is 0 Å². The highest BCUT2D eigenvalue weighted by Gasteiger charge is 2.12. The van der Waals surface area contributed by atoms with Crippen molar-refractivity contribution in [2.24, 2.45) is 0 Å². The molecule has 0 aliphatic rings. The predicted molar refractivity (Wildman–Crippen MR) is 106 cm³/mol. The van der Waals surface area contributed by atoms with Gasteiger partial charge in [0.05, 0.1) is 17.6 Å². The van der Waals surface area contributed by atoms with Gasteiger partial charge in [-0.1, -0.05) is 60.7 Å². The van der Waals surface area contributed by atoms with E-state index in [0.717, 1.165) is 16.5 Å². The van der Waals surface area contributed by atoms with Crippen LogP contribution in [0.1, 0.15) is 5.56 Å². The van der Waals surface area contributed by atoms with Crippen molar-refractivity contribution in [1.29, 1.82) is 0 Å². The summed E-state index contributed by atoms with van der Waals surface area (Å²) in [6.07, 6.45) is 1.67. The SMILES string of the molecule is O=C(Cc1ccccc1F)Nc1ccc(-c2ccccc2)c2cccnc12. The van der Waals surface area contributed by atoms with Crippen LogP contribution >= 0.6 is 0 Å². The minimum absolute atomic E-state index is 0.0264. The van der Waals surface area contributed by atoms with E-state index in [2.05, 4.69) is 10.3 Å². The number of hydrogen-bond acceptors (Lipinski definition) is 2. The van der Waals surface area contributed by atoms with Gasteiger partial charge in [0.2, 0.25) is 5.91 Å². The van der Waals surface area contributed by atoms with Gasteiger partial charge in [-0.05, 0) is 34.9 Å². The number of aromatic nitrogens is 1. The number of amides is 1. The fraction of sp³-hybridized carbons (Fsp3) is 0.0435. The van der Waals surface area contributed by atoms with Crippen molar-refractivity contribution in [3.63, 3.8) is 0 Å². The summed E-state index contributed by atoms with van der Waals surface area (Å²) in [5, 5.41) is 3.82. The molecule has 4 rings (SSSR count). The number of nitrogens with one attached hydrogen (secondary N) is 1. The molecule has 0 aliphatic carbocycles. The van der Waals surface area contributed by atoms with Crippen molar-refractivity contribution >= 4 is 22.5 Å². The molecular formula is C23H17FN2O. The average Bonchev–Trinajstić information content (AvgIpc) is 2.71. The van der Waals surface area contributed by atoms with Gasteiger partial charge < -0.3 is 5.32 Å². The highest BCUT2D eigenvalue weighted by molar-refractivity contribution is 6.05. The second-order valence-corrected chi connectivity index (χ2v) is 6.24. The average molecular weight is 356 g/mol. The molecule has 3 nitrogen and oxygen atoms in total. The Labute approximate surface area is 156 Å². The zero-order valence-corrected chi connectivity index (χ0v) is 14.5. The van der Waals surface area contributed by atoms with Crippen LogP contribution < -0.4 is 5.32 Å². The number of anilines is 1. The number of fused-ring (bicyclic) bond motifs is 1. The smallest absolute Gasteiger partial charge is 0.228 e. The fourth-order valence-corrected chi connectivity index (χ4v) is 3.15. The summed E-state index contributed by atoms with van der Waals surface area (Å²) in [6, 6.07) is 24.0. The zero-order valence-electron chi connectivity index (χ0n) is 14.5. The first-order valence-corrected chi connectivity index (χ1v) is 8.69. The predicted octanol–water partition coefficient (Wildman–Crippen LogP) is 5.22. The van der Waals surface area contributed by atoms with Crippen LogP contribution in [0.4, 0.5) is 10.1 Å². The van der Waals surface area contributed by atoms with E-state index >= 15 is 0 Å². The van der Waals surface area contributed by atoms with E-state index in [1.165, 1.54) is 6.07 Å². The monoisotopic (exact) mass is 356 g/mol. The topological polar surface area (TPSA) is 42.0 Å². The number of carbonyl (C=O) groups is 1. The van der Waals surface area contributed by atoms with Gasteiger partial charge >= 0.3 is 0 Å². The van der Waals surface area contributed by atoms with Crippen LogP contribution in [-0.2, 0) is 11.2 Å². The number of nitrogens with zero attached hydrogens (tertiary/aromatic N) is 1. The van der Waals surface area contributed by atoms with Gasteiger partial charge in [-0.25, -0.2) is 4.39 Å². The molecule has 1 aromatic heterocycles.